The summed E-state index contributed by atoms with van der Waals surface area (Å²) in [4.78, 5) is 2.27. The summed E-state index contributed by atoms with van der Waals surface area (Å²) < 4.78 is 0. The van der Waals surface area contributed by atoms with E-state index in [1.54, 1.807) is 0 Å². The van der Waals surface area contributed by atoms with Crippen LogP contribution in [0.4, 0.5) is 5.69 Å². The number of hydrogen-bond donors (Lipinski definition) is 0. The van der Waals surface area contributed by atoms with Crippen molar-refractivity contribution in [2.45, 2.75) is 19.8 Å². The molecular weight excluding hydrogens is 182 g/mol. The van der Waals surface area contributed by atoms with E-state index >= 15 is 0 Å². The molecule has 0 bridgehead atoms. The first kappa shape index (κ1) is 10.0. The van der Waals surface area contributed by atoms with E-state index in [0.29, 0.717) is 0 Å². The Hall–Kier alpha value is -1.50. The van der Waals surface area contributed by atoms with Crippen LogP contribution in [0.5, 0.6) is 0 Å². The van der Waals surface area contributed by atoms with Crippen molar-refractivity contribution in [1.82, 2.24) is 0 Å². The summed E-state index contributed by atoms with van der Waals surface area (Å²) in [6, 6.07) is 8.59. The van der Waals surface area contributed by atoms with E-state index in [9.17, 15) is 0 Å². The molecule has 1 aromatic rings. The Morgan fingerprint density at radius 2 is 2.13 bits per heavy atom. The standard InChI is InChI=1S/C14H17N/c1-3-4-5-9-13-11-12-8-6-7-10-14(12)15(13)2/h4-10H,3,11H2,1-2H3/b5-4-,13-9+. The van der Waals surface area contributed by atoms with Crippen LogP contribution in [0, 0.1) is 0 Å². The highest BCUT2D eigenvalue weighted by Gasteiger charge is 2.18. The molecule has 0 radical (unpaired) electrons. The average Bonchev–Trinajstić information content (AvgIpc) is 2.57. The van der Waals surface area contributed by atoms with Gasteiger partial charge in [0, 0.05) is 24.9 Å². The molecule has 78 valence electrons. The van der Waals surface area contributed by atoms with Crippen molar-refractivity contribution >= 4 is 5.69 Å². The predicted molar refractivity (Wildman–Crippen MR) is 66.1 cm³/mol. The summed E-state index contributed by atoms with van der Waals surface area (Å²) in [7, 11) is 2.14. The Bertz CT molecular complexity index is 402. The van der Waals surface area contributed by atoms with E-state index in [2.05, 4.69) is 61.4 Å². The Morgan fingerprint density at radius 3 is 2.87 bits per heavy atom. The number of rotatable bonds is 2. The van der Waals surface area contributed by atoms with Crippen molar-refractivity contribution in [3.05, 3.63) is 53.8 Å². The molecule has 1 aliphatic heterocycles. The van der Waals surface area contributed by atoms with Crippen LogP contribution < -0.4 is 4.90 Å². The molecule has 0 amide bonds. The fraction of sp³-hybridized carbons (Fsp3) is 0.286. The molecule has 1 nitrogen and oxygen atoms in total. The predicted octanol–water partition coefficient (Wildman–Crippen LogP) is 3.53. The van der Waals surface area contributed by atoms with Gasteiger partial charge in [0.05, 0.1) is 0 Å². The zero-order chi connectivity index (χ0) is 10.7. The number of allylic oxidation sites excluding steroid dienone is 4. The van der Waals surface area contributed by atoms with Crippen molar-refractivity contribution in [3.63, 3.8) is 0 Å². The van der Waals surface area contributed by atoms with Gasteiger partial charge in [-0.2, -0.15) is 0 Å². The van der Waals surface area contributed by atoms with Gasteiger partial charge in [0.15, 0.2) is 0 Å². The van der Waals surface area contributed by atoms with Gasteiger partial charge < -0.3 is 4.90 Å². The summed E-state index contributed by atoms with van der Waals surface area (Å²) in [5.74, 6) is 0. The number of anilines is 1. The van der Waals surface area contributed by atoms with Crippen LogP contribution in [0.1, 0.15) is 18.9 Å². The Morgan fingerprint density at radius 1 is 1.33 bits per heavy atom. The first-order chi connectivity index (χ1) is 7.33. The quantitative estimate of drug-likeness (QED) is 0.704. The number of hydrogen-bond acceptors (Lipinski definition) is 1. The van der Waals surface area contributed by atoms with Gasteiger partial charge in [-0.1, -0.05) is 37.3 Å². The summed E-state index contributed by atoms with van der Waals surface area (Å²) in [6.45, 7) is 2.15. The lowest BCUT2D eigenvalue weighted by Crippen LogP contribution is -2.10. The second kappa shape index (κ2) is 4.35. The minimum atomic E-state index is 1.06. The van der Waals surface area contributed by atoms with Crippen LogP contribution in [0.25, 0.3) is 0 Å². The highest BCUT2D eigenvalue weighted by molar-refractivity contribution is 5.64. The molecule has 0 spiro atoms. The van der Waals surface area contributed by atoms with Crippen molar-refractivity contribution in [1.29, 1.82) is 0 Å². The number of para-hydroxylation sites is 1. The van der Waals surface area contributed by atoms with Crippen LogP contribution in [-0.2, 0) is 6.42 Å². The molecule has 0 aliphatic carbocycles. The topological polar surface area (TPSA) is 3.24 Å². The number of benzene rings is 1. The lowest BCUT2D eigenvalue weighted by Gasteiger charge is -2.13. The summed E-state index contributed by atoms with van der Waals surface area (Å²) in [5, 5.41) is 0. The summed E-state index contributed by atoms with van der Waals surface area (Å²) >= 11 is 0. The maximum atomic E-state index is 2.27. The molecule has 0 aromatic heterocycles. The zero-order valence-corrected chi connectivity index (χ0v) is 9.40. The molecule has 1 heteroatoms. The van der Waals surface area contributed by atoms with Gasteiger partial charge in [-0.3, -0.25) is 0 Å². The van der Waals surface area contributed by atoms with E-state index in [1.807, 2.05) is 0 Å². The first-order valence-corrected chi connectivity index (χ1v) is 5.50. The molecule has 15 heavy (non-hydrogen) atoms. The highest BCUT2D eigenvalue weighted by Crippen LogP contribution is 2.32. The smallest absolute Gasteiger partial charge is 0.0442 e. The first-order valence-electron chi connectivity index (χ1n) is 5.50. The third-order valence-corrected chi connectivity index (χ3v) is 2.82. The molecule has 1 aliphatic rings. The van der Waals surface area contributed by atoms with Crippen molar-refractivity contribution in [2.75, 3.05) is 11.9 Å². The third-order valence-electron chi connectivity index (χ3n) is 2.82. The van der Waals surface area contributed by atoms with Gasteiger partial charge in [-0.05, 0) is 24.1 Å². The SMILES string of the molecule is CC/C=C\C=C1/Cc2ccccc2N1C. The Balaban J connectivity index is 2.23. The van der Waals surface area contributed by atoms with E-state index in [-0.39, 0.29) is 0 Å². The maximum Gasteiger partial charge on any atom is 0.0442 e. The monoisotopic (exact) mass is 199 g/mol. The molecule has 0 saturated heterocycles. The molecule has 0 N–H and O–H groups in total. The maximum absolute atomic E-state index is 2.27. The van der Waals surface area contributed by atoms with Crippen LogP contribution >= 0.6 is 0 Å². The normalized spacial score (nSPS) is 17.7. The largest absolute Gasteiger partial charge is 0.348 e. The average molecular weight is 199 g/mol. The van der Waals surface area contributed by atoms with Gasteiger partial charge >= 0.3 is 0 Å². The van der Waals surface area contributed by atoms with Crippen LogP contribution in [0.3, 0.4) is 0 Å². The molecule has 1 aromatic carbocycles. The van der Waals surface area contributed by atoms with Gasteiger partial charge in [0.25, 0.3) is 0 Å². The summed E-state index contributed by atoms with van der Waals surface area (Å²) in [6.07, 6.45) is 8.70. The van der Waals surface area contributed by atoms with E-state index in [4.69, 9.17) is 0 Å². The Labute approximate surface area is 91.7 Å². The molecular formula is C14H17N. The van der Waals surface area contributed by atoms with Crippen molar-refractivity contribution in [3.8, 4) is 0 Å². The highest BCUT2D eigenvalue weighted by atomic mass is 15.1. The lowest BCUT2D eigenvalue weighted by molar-refractivity contribution is 1.10. The van der Waals surface area contributed by atoms with E-state index in [0.717, 1.165) is 12.8 Å². The zero-order valence-electron chi connectivity index (χ0n) is 9.40. The molecule has 0 saturated carbocycles. The van der Waals surface area contributed by atoms with Gasteiger partial charge in [0.2, 0.25) is 0 Å². The van der Waals surface area contributed by atoms with Crippen LogP contribution in [0.2, 0.25) is 0 Å². The number of likely N-dealkylation sites (N-methyl/N-ethyl adjacent to an activating group) is 1. The fourth-order valence-electron chi connectivity index (χ4n) is 1.94. The molecule has 0 fully saturated rings. The van der Waals surface area contributed by atoms with Gasteiger partial charge in [-0.15, -0.1) is 0 Å². The third kappa shape index (κ3) is 1.96. The summed E-state index contributed by atoms with van der Waals surface area (Å²) in [5.41, 5.74) is 4.14. The number of nitrogens with zero attached hydrogens (tertiary/aromatic N) is 1. The molecule has 0 atom stereocenters. The van der Waals surface area contributed by atoms with Crippen molar-refractivity contribution in [2.24, 2.45) is 0 Å². The lowest BCUT2D eigenvalue weighted by atomic mass is 10.1. The second-order valence-electron chi connectivity index (χ2n) is 3.86. The van der Waals surface area contributed by atoms with E-state index in [1.165, 1.54) is 16.9 Å². The van der Waals surface area contributed by atoms with E-state index < -0.39 is 0 Å². The van der Waals surface area contributed by atoms with Gasteiger partial charge in [-0.25, -0.2) is 0 Å². The Kier molecular flexibility index (Phi) is 2.91. The minimum Gasteiger partial charge on any atom is -0.348 e. The number of fused-ring (bicyclic) bond motifs is 1. The fourth-order valence-corrected chi connectivity index (χ4v) is 1.94. The van der Waals surface area contributed by atoms with Crippen LogP contribution in [-0.4, -0.2) is 7.05 Å². The minimum absolute atomic E-state index is 1.06. The van der Waals surface area contributed by atoms with Crippen LogP contribution in [0.15, 0.2) is 48.2 Å². The van der Waals surface area contributed by atoms with Crippen molar-refractivity contribution < 1.29 is 0 Å². The second-order valence-corrected chi connectivity index (χ2v) is 3.86. The molecule has 0 unspecified atom stereocenters. The van der Waals surface area contributed by atoms with Gasteiger partial charge in [0.1, 0.15) is 0 Å². The molecule has 2 rings (SSSR count). The molecule has 1 heterocycles.